The molecule has 7 nitrogen and oxygen atoms in total. The fraction of sp³-hybridized carbons (Fsp3) is 0.235. The van der Waals surface area contributed by atoms with Crippen LogP contribution in [0.1, 0.15) is 17.4 Å². The fourth-order valence-corrected chi connectivity index (χ4v) is 4.36. The smallest absolute Gasteiger partial charge is 0.232 e. The summed E-state index contributed by atoms with van der Waals surface area (Å²) in [6, 6.07) is 9.19. The van der Waals surface area contributed by atoms with E-state index in [2.05, 4.69) is 15.1 Å². The molecule has 0 aliphatic carbocycles. The lowest BCUT2D eigenvalue weighted by Crippen LogP contribution is -2.48. The van der Waals surface area contributed by atoms with Gasteiger partial charge in [-0.05, 0) is 29.8 Å². The van der Waals surface area contributed by atoms with Gasteiger partial charge in [0.05, 0.1) is 11.7 Å². The second-order valence-corrected chi connectivity index (χ2v) is 8.07. The normalized spacial score (nSPS) is 15.7. The lowest BCUT2D eigenvalue weighted by Gasteiger charge is -2.35. The molecule has 4 rings (SSSR count). The molecule has 0 atom stereocenters. The highest BCUT2D eigenvalue weighted by Gasteiger charge is 2.39. The van der Waals surface area contributed by atoms with Crippen LogP contribution >= 0.6 is 0 Å². The zero-order chi connectivity index (χ0) is 18.1. The number of sulfonamides is 1. The van der Waals surface area contributed by atoms with Crippen molar-refractivity contribution in [2.24, 2.45) is 0 Å². The molecule has 1 aromatic carbocycles. The molecule has 134 valence electrons. The van der Waals surface area contributed by atoms with E-state index in [9.17, 15) is 12.8 Å². The van der Waals surface area contributed by atoms with Crippen LogP contribution in [0.25, 0.3) is 11.4 Å². The van der Waals surface area contributed by atoms with Gasteiger partial charge in [0.15, 0.2) is 0 Å². The first kappa shape index (κ1) is 16.8. The van der Waals surface area contributed by atoms with Gasteiger partial charge in [-0.15, -0.1) is 0 Å². The Morgan fingerprint density at radius 1 is 1.23 bits per heavy atom. The molecule has 0 radical (unpaired) electrons. The van der Waals surface area contributed by atoms with Crippen LogP contribution in [0.2, 0.25) is 0 Å². The molecular formula is C17H15FN4O3S. The van der Waals surface area contributed by atoms with Gasteiger partial charge in [-0.25, -0.2) is 12.8 Å². The highest BCUT2D eigenvalue weighted by atomic mass is 32.2. The molecule has 0 bridgehead atoms. The van der Waals surface area contributed by atoms with Gasteiger partial charge >= 0.3 is 0 Å². The Bertz CT molecular complexity index is 1020. The summed E-state index contributed by atoms with van der Waals surface area (Å²) >= 11 is 0. The lowest BCUT2D eigenvalue weighted by atomic mass is 10.0. The molecule has 1 fully saturated rings. The third-order valence-electron chi connectivity index (χ3n) is 4.19. The van der Waals surface area contributed by atoms with E-state index in [0.717, 1.165) is 5.56 Å². The second kappa shape index (κ2) is 6.58. The van der Waals surface area contributed by atoms with Crippen LogP contribution in [-0.4, -0.2) is 40.9 Å². The summed E-state index contributed by atoms with van der Waals surface area (Å²) < 4.78 is 44.7. The number of halogens is 1. The fourth-order valence-electron chi connectivity index (χ4n) is 2.76. The van der Waals surface area contributed by atoms with E-state index in [-0.39, 0.29) is 24.8 Å². The van der Waals surface area contributed by atoms with Crippen molar-refractivity contribution >= 4 is 10.0 Å². The van der Waals surface area contributed by atoms with Gasteiger partial charge in [-0.1, -0.05) is 17.3 Å². The summed E-state index contributed by atoms with van der Waals surface area (Å²) in [4.78, 5) is 8.33. The number of pyridine rings is 1. The molecule has 9 heteroatoms. The minimum Gasteiger partial charge on any atom is -0.339 e. The maximum atomic E-state index is 13.2. The topological polar surface area (TPSA) is 89.2 Å². The van der Waals surface area contributed by atoms with Crippen molar-refractivity contribution in [2.45, 2.75) is 11.7 Å². The molecule has 1 aliphatic heterocycles. The summed E-state index contributed by atoms with van der Waals surface area (Å²) in [6.45, 7) is 0.540. The zero-order valence-electron chi connectivity index (χ0n) is 13.6. The largest absolute Gasteiger partial charge is 0.339 e. The number of rotatable bonds is 5. The molecular weight excluding hydrogens is 359 g/mol. The molecule has 0 amide bonds. The van der Waals surface area contributed by atoms with Crippen molar-refractivity contribution in [1.29, 1.82) is 0 Å². The number of nitrogens with zero attached hydrogens (tertiary/aromatic N) is 4. The lowest BCUT2D eigenvalue weighted by molar-refractivity contribution is 0.216. The van der Waals surface area contributed by atoms with E-state index in [0.29, 0.717) is 17.3 Å². The van der Waals surface area contributed by atoms with E-state index in [1.54, 1.807) is 24.5 Å². The number of aromatic nitrogens is 3. The van der Waals surface area contributed by atoms with Gasteiger partial charge in [-0.2, -0.15) is 9.29 Å². The van der Waals surface area contributed by atoms with Crippen LogP contribution in [0.5, 0.6) is 0 Å². The summed E-state index contributed by atoms with van der Waals surface area (Å²) in [6.07, 6.45) is 3.28. The number of hydrogen-bond donors (Lipinski definition) is 0. The molecule has 3 heterocycles. The summed E-state index contributed by atoms with van der Waals surface area (Å²) in [5, 5.41) is 3.92. The zero-order valence-corrected chi connectivity index (χ0v) is 14.4. The van der Waals surface area contributed by atoms with Gasteiger partial charge in [0, 0.05) is 31.0 Å². The monoisotopic (exact) mass is 374 g/mol. The van der Waals surface area contributed by atoms with E-state index >= 15 is 0 Å². The Kier molecular flexibility index (Phi) is 4.25. The summed E-state index contributed by atoms with van der Waals surface area (Å²) in [5.41, 5.74) is 1.16. The maximum Gasteiger partial charge on any atom is 0.232 e. The molecule has 1 aliphatic rings. The van der Waals surface area contributed by atoms with Crippen LogP contribution in [0.15, 0.2) is 53.3 Å². The first-order chi connectivity index (χ1) is 12.5. The number of hydrogen-bond acceptors (Lipinski definition) is 6. The summed E-state index contributed by atoms with van der Waals surface area (Å²) in [5.74, 6) is 0.000758. The van der Waals surface area contributed by atoms with Gasteiger partial charge in [-0.3, -0.25) is 4.98 Å². The quantitative estimate of drug-likeness (QED) is 0.680. The van der Waals surface area contributed by atoms with Crippen molar-refractivity contribution < 1.29 is 17.3 Å². The molecule has 0 saturated carbocycles. The molecule has 0 N–H and O–H groups in total. The van der Waals surface area contributed by atoms with Crippen molar-refractivity contribution in [2.75, 3.05) is 13.1 Å². The number of benzene rings is 1. The highest BCUT2D eigenvalue weighted by Crippen LogP contribution is 2.30. The van der Waals surface area contributed by atoms with Crippen molar-refractivity contribution in [3.05, 3.63) is 66.1 Å². The Labute approximate surface area is 149 Å². The SMILES string of the molecule is O=S(=O)(Cc1cccc(F)c1)N1CC(c2nc(-c3cccnc3)no2)C1. The Balaban J connectivity index is 1.41. The van der Waals surface area contributed by atoms with Gasteiger partial charge < -0.3 is 4.52 Å². The van der Waals surface area contributed by atoms with E-state index in [1.807, 2.05) is 6.07 Å². The molecule has 0 unspecified atom stereocenters. The van der Waals surface area contributed by atoms with Crippen molar-refractivity contribution in [1.82, 2.24) is 19.4 Å². The minimum absolute atomic E-state index is 0.143. The Morgan fingerprint density at radius 3 is 2.81 bits per heavy atom. The van der Waals surface area contributed by atoms with Gasteiger partial charge in [0.2, 0.25) is 21.7 Å². The van der Waals surface area contributed by atoms with Crippen LogP contribution < -0.4 is 0 Å². The van der Waals surface area contributed by atoms with E-state index in [1.165, 1.54) is 22.5 Å². The van der Waals surface area contributed by atoms with E-state index in [4.69, 9.17) is 4.52 Å². The molecule has 0 spiro atoms. The molecule has 2 aromatic heterocycles. The predicted octanol–water partition coefficient (Wildman–Crippen LogP) is 2.20. The van der Waals surface area contributed by atoms with Gasteiger partial charge in [0.1, 0.15) is 5.82 Å². The van der Waals surface area contributed by atoms with Crippen LogP contribution in [0.3, 0.4) is 0 Å². The third kappa shape index (κ3) is 3.35. The Morgan fingerprint density at radius 2 is 2.08 bits per heavy atom. The summed E-state index contributed by atoms with van der Waals surface area (Å²) in [7, 11) is -3.51. The molecule has 26 heavy (non-hydrogen) atoms. The second-order valence-electron chi connectivity index (χ2n) is 6.10. The Hall–Kier alpha value is -2.65. The van der Waals surface area contributed by atoms with Crippen molar-refractivity contribution in [3.63, 3.8) is 0 Å². The maximum absolute atomic E-state index is 13.2. The first-order valence-corrected chi connectivity index (χ1v) is 9.58. The van der Waals surface area contributed by atoms with Crippen LogP contribution in [-0.2, 0) is 15.8 Å². The highest BCUT2D eigenvalue weighted by molar-refractivity contribution is 7.88. The molecule has 3 aromatic rings. The first-order valence-electron chi connectivity index (χ1n) is 7.97. The molecule has 1 saturated heterocycles. The van der Waals surface area contributed by atoms with Gasteiger partial charge in [0.25, 0.3) is 0 Å². The average molecular weight is 374 g/mol. The predicted molar refractivity (Wildman–Crippen MR) is 90.9 cm³/mol. The van der Waals surface area contributed by atoms with Crippen LogP contribution in [0.4, 0.5) is 4.39 Å². The third-order valence-corrected chi connectivity index (χ3v) is 5.97. The standard InChI is InChI=1S/C17H15FN4O3S/c18-15-5-1-3-12(7-15)11-26(23,24)22-9-14(10-22)17-20-16(21-25-17)13-4-2-6-19-8-13/h1-8,14H,9-11H2. The minimum atomic E-state index is -3.51. The van der Waals surface area contributed by atoms with Crippen molar-refractivity contribution in [3.8, 4) is 11.4 Å². The van der Waals surface area contributed by atoms with Crippen LogP contribution in [0, 0.1) is 5.82 Å². The van der Waals surface area contributed by atoms with E-state index < -0.39 is 15.8 Å². The average Bonchev–Trinajstić information content (AvgIpc) is 3.03.